The van der Waals surface area contributed by atoms with Gasteiger partial charge in [0.1, 0.15) is 0 Å². The number of hydrogen-bond donors (Lipinski definition) is 2. The molecule has 1 saturated heterocycles. The van der Waals surface area contributed by atoms with E-state index in [-0.39, 0.29) is 11.1 Å². The molecular formula is C18H18N2O5. The Labute approximate surface area is 143 Å². The summed E-state index contributed by atoms with van der Waals surface area (Å²) in [5, 5.41) is 3.84. The second-order valence-electron chi connectivity index (χ2n) is 6.41. The number of fused-ring (bicyclic) bond motifs is 1. The fourth-order valence-corrected chi connectivity index (χ4v) is 2.66. The van der Waals surface area contributed by atoms with Crippen LogP contribution in [0.4, 0.5) is 5.69 Å². The van der Waals surface area contributed by atoms with Crippen molar-refractivity contribution in [3.63, 3.8) is 0 Å². The lowest BCUT2D eigenvalue weighted by molar-refractivity contribution is -0.222. The first-order chi connectivity index (χ1) is 11.7. The minimum absolute atomic E-state index is 0.195. The van der Waals surface area contributed by atoms with E-state index in [9.17, 15) is 14.4 Å². The number of nitrogens with one attached hydrogen (secondary N) is 2. The number of aryl methyl sites for hydroxylation is 2. The molecule has 25 heavy (non-hydrogen) atoms. The van der Waals surface area contributed by atoms with Gasteiger partial charge in [0, 0.05) is 37.2 Å². The van der Waals surface area contributed by atoms with Crippen LogP contribution in [-0.2, 0) is 19.1 Å². The molecule has 1 aliphatic heterocycles. The lowest BCUT2D eigenvalue weighted by Gasteiger charge is -2.29. The Hall–Kier alpha value is -3.09. The van der Waals surface area contributed by atoms with Crippen molar-refractivity contribution in [2.24, 2.45) is 0 Å². The number of aromatic nitrogens is 1. The van der Waals surface area contributed by atoms with Gasteiger partial charge in [0.2, 0.25) is 5.56 Å². The van der Waals surface area contributed by atoms with E-state index in [1.165, 1.54) is 26.1 Å². The molecule has 0 saturated carbocycles. The predicted molar refractivity (Wildman–Crippen MR) is 92.0 cm³/mol. The topological polar surface area (TPSA) is 97.5 Å². The molecule has 0 atom stereocenters. The van der Waals surface area contributed by atoms with Crippen molar-refractivity contribution in [1.82, 2.24) is 4.98 Å². The smallest absolute Gasteiger partial charge is 0.350 e. The molecule has 0 amide bonds. The number of aromatic amines is 1. The first-order valence-corrected chi connectivity index (χ1v) is 7.74. The molecule has 1 aliphatic rings. The summed E-state index contributed by atoms with van der Waals surface area (Å²) in [7, 11) is 0. The summed E-state index contributed by atoms with van der Waals surface area (Å²) in [6.45, 7) is 6.71. The molecule has 2 heterocycles. The summed E-state index contributed by atoms with van der Waals surface area (Å²) >= 11 is 0. The molecule has 0 bridgehead atoms. The molecule has 130 valence electrons. The standard InChI is InChI=1S/C18H18N2O5/c1-9-6-15(21)20-14-7-13(10(2)5-11(9)14)19-8-12-16(22)24-18(3,4)25-17(12)23/h5-8,19H,1-4H3,(H,20,21). The van der Waals surface area contributed by atoms with Crippen LogP contribution in [-0.4, -0.2) is 22.7 Å². The number of H-pyrrole nitrogens is 1. The summed E-state index contributed by atoms with van der Waals surface area (Å²) in [5.74, 6) is -2.78. The van der Waals surface area contributed by atoms with Crippen molar-refractivity contribution in [3.8, 4) is 0 Å². The Morgan fingerprint density at radius 2 is 1.64 bits per heavy atom. The molecule has 1 aromatic carbocycles. The third-order valence-corrected chi connectivity index (χ3v) is 3.88. The molecule has 0 unspecified atom stereocenters. The van der Waals surface area contributed by atoms with Crippen LogP contribution in [0.2, 0.25) is 0 Å². The maximum Gasteiger partial charge on any atom is 0.350 e. The van der Waals surface area contributed by atoms with Gasteiger partial charge in [0.25, 0.3) is 5.79 Å². The van der Waals surface area contributed by atoms with Gasteiger partial charge in [-0.1, -0.05) is 0 Å². The lowest BCUT2D eigenvalue weighted by atomic mass is 10.1. The minimum atomic E-state index is -1.28. The van der Waals surface area contributed by atoms with Gasteiger partial charge in [-0.25, -0.2) is 9.59 Å². The van der Waals surface area contributed by atoms with Crippen molar-refractivity contribution < 1.29 is 19.1 Å². The van der Waals surface area contributed by atoms with Gasteiger partial charge in [-0.2, -0.15) is 0 Å². The number of ether oxygens (including phenoxy) is 2. The first kappa shape index (κ1) is 16.8. The Morgan fingerprint density at radius 3 is 2.28 bits per heavy atom. The number of hydrogen-bond acceptors (Lipinski definition) is 6. The van der Waals surface area contributed by atoms with Crippen LogP contribution < -0.4 is 10.9 Å². The molecule has 2 aromatic rings. The molecule has 1 fully saturated rings. The van der Waals surface area contributed by atoms with E-state index in [1.54, 1.807) is 6.07 Å². The number of benzene rings is 1. The summed E-state index contributed by atoms with van der Waals surface area (Å²) in [6.07, 6.45) is 1.25. The van der Waals surface area contributed by atoms with Crippen LogP contribution in [0.3, 0.4) is 0 Å². The Morgan fingerprint density at radius 1 is 1.00 bits per heavy atom. The lowest BCUT2D eigenvalue weighted by Crippen LogP contribution is -2.42. The minimum Gasteiger partial charge on any atom is -0.419 e. The molecule has 1 aromatic heterocycles. The van der Waals surface area contributed by atoms with Crippen LogP contribution in [0.1, 0.15) is 25.0 Å². The monoisotopic (exact) mass is 342 g/mol. The normalized spacial score (nSPS) is 16.4. The van der Waals surface area contributed by atoms with Crippen LogP contribution in [0.15, 0.2) is 34.8 Å². The highest BCUT2D eigenvalue weighted by atomic mass is 16.7. The second kappa shape index (κ2) is 5.77. The number of esters is 2. The van der Waals surface area contributed by atoms with Crippen LogP contribution in [0.25, 0.3) is 10.9 Å². The SMILES string of the molecule is Cc1cc2c(C)cc(=O)[nH]c2cc1NC=C1C(=O)OC(C)(C)OC1=O. The highest BCUT2D eigenvalue weighted by molar-refractivity contribution is 6.15. The van der Waals surface area contributed by atoms with Gasteiger partial charge < -0.3 is 19.8 Å². The van der Waals surface area contributed by atoms with Gasteiger partial charge in [0.05, 0.1) is 5.52 Å². The molecule has 0 radical (unpaired) electrons. The van der Waals surface area contributed by atoms with E-state index >= 15 is 0 Å². The molecular weight excluding hydrogens is 324 g/mol. The van der Waals surface area contributed by atoms with Crippen molar-refractivity contribution >= 4 is 28.5 Å². The molecule has 2 N–H and O–H groups in total. The number of anilines is 1. The van der Waals surface area contributed by atoms with Gasteiger partial charge >= 0.3 is 11.9 Å². The van der Waals surface area contributed by atoms with Gasteiger partial charge in [-0.3, -0.25) is 4.79 Å². The number of carbonyl (C=O) groups is 2. The third-order valence-electron chi connectivity index (χ3n) is 3.88. The van der Waals surface area contributed by atoms with Gasteiger partial charge in [-0.15, -0.1) is 0 Å². The quantitative estimate of drug-likeness (QED) is 0.494. The van der Waals surface area contributed by atoms with E-state index in [0.29, 0.717) is 11.2 Å². The molecule has 0 aliphatic carbocycles. The fourth-order valence-electron chi connectivity index (χ4n) is 2.66. The highest BCUT2D eigenvalue weighted by Gasteiger charge is 2.38. The zero-order valence-corrected chi connectivity index (χ0v) is 14.4. The number of rotatable bonds is 2. The van der Waals surface area contributed by atoms with Gasteiger partial charge in [-0.05, 0) is 37.1 Å². The number of carbonyl (C=O) groups excluding carboxylic acids is 2. The maximum atomic E-state index is 11.9. The molecule has 7 heteroatoms. The number of pyridine rings is 1. The van der Waals surface area contributed by atoms with Crippen LogP contribution in [0.5, 0.6) is 0 Å². The first-order valence-electron chi connectivity index (χ1n) is 7.74. The van der Waals surface area contributed by atoms with E-state index in [0.717, 1.165) is 16.5 Å². The number of cyclic esters (lactones) is 2. The summed E-state index contributed by atoms with van der Waals surface area (Å²) in [6, 6.07) is 5.20. The molecule has 3 rings (SSSR count). The zero-order valence-electron chi connectivity index (χ0n) is 14.4. The van der Waals surface area contributed by atoms with E-state index < -0.39 is 17.7 Å². The van der Waals surface area contributed by atoms with Crippen molar-refractivity contribution in [2.75, 3.05) is 5.32 Å². The molecule has 7 nitrogen and oxygen atoms in total. The van der Waals surface area contributed by atoms with Crippen LogP contribution in [0, 0.1) is 13.8 Å². The van der Waals surface area contributed by atoms with E-state index in [2.05, 4.69) is 10.3 Å². The zero-order chi connectivity index (χ0) is 18.4. The van der Waals surface area contributed by atoms with E-state index in [1.807, 2.05) is 19.9 Å². The van der Waals surface area contributed by atoms with E-state index in [4.69, 9.17) is 9.47 Å². The third kappa shape index (κ3) is 3.26. The Balaban J connectivity index is 1.96. The average Bonchev–Trinajstić information content (AvgIpc) is 2.46. The Bertz CT molecular complexity index is 963. The Kier molecular flexibility index (Phi) is 3.87. The highest BCUT2D eigenvalue weighted by Crippen LogP contribution is 2.26. The maximum absolute atomic E-state index is 11.9. The summed E-state index contributed by atoms with van der Waals surface area (Å²) in [4.78, 5) is 38.3. The van der Waals surface area contributed by atoms with Crippen molar-refractivity contribution in [3.05, 3.63) is 51.5 Å². The largest absolute Gasteiger partial charge is 0.419 e. The average molecular weight is 342 g/mol. The molecule has 0 spiro atoms. The predicted octanol–water partition coefficient (Wildman–Crippen LogP) is 2.28. The summed E-state index contributed by atoms with van der Waals surface area (Å²) < 4.78 is 10.1. The van der Waals surface area contributed by atoms with Crippen molar-refractivity contribution in [2.45, 2.75) is 33.5 Å². The van der Waals surface area contributed by atoms with Crippen LogP contribution >= 0.6 is 0 Å². The fraction of sp³-hybridized carbons (Fsp3) is 0.278. The summed E-state index contributed by atoms with van der Waals surface area (Å²) in [5.41, 5.74) is 2.64. The van der Waals surface area contributed by atoms with Crippen molar-refractivity contribution in [1.29, 1.82) is 0 Å². The van der Waals surface area contributed by atoms with Gasteiger partial charge in [0.15, 0.2) is 5.57 Å². The second-order valence-corrected chi connectivity index (χ2v) is 6.41.